The van der Waals surface area contributed by atoms with E-state index >= 15 is 0 Å². The minimum atomic E-state index is -0.323. The van der Waals surface area contributed by atoms with Gasteiger partial charge in [-0.1, -0.05) is 18.2 Å². The maximum atomic E-state index is 12.4. The van der Waals surface area contributed by atoms with E-state index < -0.39 is 0 Å². The van der Waals surface area contributed by atoms with Crippen LogP contribution in [0.25, 0.3) is 0 Å². The number of amides is 1. The second kappa shape index (κ2) is 9.73. The molecular weight excluding hydrogens is 372 g/mol. The van der Waals surface area contributed by atoms with Crippen LogP contribution < -0.4 is 4.90 Å². The fraction of sp³-hybridized carbons (Fsp3) is 0.455. The largest absolute Gasteiger partial charge is 0.461 e. The molecular formula is C22H28N2O3S. The number of fused-ring (bicyclic) bond motifs is 1. The van der Waals surface area contributed by atoms with Crippen molar-refractivity contribution in [3.8, 4) is 0 Å². The lowest BCUT2D eigenvalue weighted by Gasteiger charge is -2.27. The van der Waals surface area contributed by atoms with Crippen molar-refractivity contribution in [2.45, 2.75) is 46.3 Å². The first-order valence-corrected chi connectivity index (χ1v) is 10.8. The molecule has 28 heavy (non-hydrogen) atoms. The summed E-state index contributed by atoms with van der Waals surface area (Å²) >= 11 is 1.75. The van der Waals surface area contributed by atoms with Crippen molar-refractivity contribution < 1.29 is 14.3 Å². The highest BCUT2D eigenvalue weighted by molar-refractivity contribution is 7.10. The Balaban J connectivity index is 1.47. The number of rotatable bonds is 8. The van der Waals surface area contributed by atoms with Gasteiger partial charge in [0.25, 0.3) is 0 Å². The molecule has 0 N–H and O–H groups in total. The van der Waals surface area contributed by atoms with Gasteiger partial charge in [-0.2, -0.15) is 0 Å². The van der Waals surface area contributed by atoms with Crippen molar-refractivity contribution in [2.75, 3.05) is 24.5 Å². The zero-order valence-corrected chi connectivity index (χ0v) is 17.5. The Kier molecular flexibility index (Phi) is 7.09. The number of nitrogens with zero attached hydrogens (tertiary/aromatic N) is 2. The number of benzene rings is 1. The highest BCUT2D eigenvalue weighted by atomic mass is 32.1. The summed E-state index contributed by atoms with van der Waals surface area (Å²) in [7, 11) is 0. The van der Waals surface area contributed by atoms with E-state index in [0.717, 1.165) is 37.3 Å². The number of hydrogen-bond acceptors (Lipinski definition) is 5. The standard InChI is InChI=1S/C22H28N2O3S/c1-3-23(4-2)19-8-6-5-7-18(19)16-27-22(26)10-9-21(25)24-13-11-20-17(15-24)12-14-28-20/h5-8,12,14H,3-4,9-11,13,15-16H2,1-2H3. The molecule has 2 aromatic rings. The Morgan fingerprint density at radius 3 is 2.71 bits per heavy atom. The zero-order chi connectivity index (χ0) is 19.9. The third-order valence-corrected chi connectivity index (χ3v) is 6.21. The molecule has 150 valence electrons. The molecule has 1 aliphatic heterocycles. The molecule has 0 aliphatic carbocycles. The SMILES string of the molecule is CCN(CC)c1ccccc1COC(=O)CCC(=O)N1CCc2sccc2C1. The molecule has 5 nitrogen and oxygen atoms in total. The van der Waals surface area contributed by atoms with Crippen LogP contribution >= 0.6 is 11.3 Å². The lowest BCUT2D eigenvalue weighted by atomic mass is 10.1. The van der Waals surface area contributed by atoms with Crippen LogP contribution in [-0.4, -0.2) is 36.4 Å². The van der Waals surface area contributed by atoms with Gasteiger partial charge in [-0.25, -0.2) is 0 Å². The monoisotopic (exact) mass is 400 g/mol. The number of esters is 1. The Morgan fingerprint density at radius 1 is 1.14 bits per heavy atom. The Morgan fingerprint density at radius 2 is 1.93 bits per heavy atom. The van der Waals surface area contributed by atoms with E-state index in [4.69, 9.17) is 4.74 Å². The number of anilines is 1. The quantitative estimate of drug-likeness (QED) is 0.629. The van der Waals surface area contributed by atoms with Gasteiger partial charge < -0.3 is 14.5 Å². The molecule has 6 heteroatoms. The van der Waals surface area contributed by atoms with Crippen molar-refractivity contribution in [3.05, 3.63) is 51.7 Å². The van der Waals surface area contributed by atoms with Crippen molar-refractivity contribution in [2.24, 2.45) is 0 Å². The van der Waals surface area contributed by atoms with E-state index in [1.807, 2.05) is 23.1 Å². The minimum absolute atomic E-state index is 0.0253. The fourth-order valence-electron chi connectivity index (χ4n) is 3.56. The number of hydrogen-bond donors (Lipinski definition) is 0. The van der Waals surface area contributed by atoms with E-state index in [1.54, 1.807) is 11.3 Å². The van der Waals surface area contributed by atoms with Crippen LogP contribution in [-0.2, 0) is 33.9 Å². The molecule has 1 amide bonds. The number of thiophene rings is 1. The summed E-state index contributed by atoms with van der Waals surface area (Å²) in [6, 6.07) is 10.1. The maximum absolute atomic E-state index is 12.4. The molecule has 0 saturated carbocycles. The second-order valence-electron chi connectivity index (χ2n) is 6.90. The summed E-state index contributed by atoms with van der Waals surface area (Å²) in [6.07, 6.45) is 1.24. The topological polar surface area (TPSA) is 49.9 Å². The first-order valence-electron chi connectivity index (χ1n) is 9.93. The van der Waals surface area contributed by atoms with Gasteiger partial charge in [-0.3, -0.25) is 9.59 Å². The van der Waals surface area contributed by atoms with Gasteiger partial charge in [0.15, 0.2) is 0 Å². The van der Waals surface area contributed by atoms with Gasteiger partial charge in [0.2, 0.25) is 5.91 Å². The molecule has 0 bridgehead atoms. The van der Waals surface area contributed by atoms with E-state index in [2.05, 4.69) is 36.3 Å². The van der Waals surface area contributed by atoms with Crippen molar-refractivity contribution >= 4 is 28.9 Å². The van der Waals surface area contributed by atoms with E-state index in [0.29, 0.717) is 6.54 Å². The lowest BCUT2D eigenvalue weighted by Crippen LogP contribution is -2.35. The highest BCUT2D eigenvalue weighted by Crippen LogP contribution is 2.25. The molecule has 2 heterocycles. The van der Waals surface area contributed by atoms with Gasteiger partial charge in [0.1, 0.15) is 6.61 Å². The van der Waals surface area contributed by atoms with E-state index in [1.165, 1.54) is 10.4 Å². The van der Waals surface area contributed by atoms with Crippen LogP contribution in [0, 0.1) is 0 Å². The Bertz CT molecular complexity index is 814. The molecule has 0 saturated heterocycles. The van der Waals surface area contributed by atoms with Crippen LogP contribution in [0.3, 0.4) is 0 Å². The zero-order valence-electron chi connectivity index (χ0n) is 16.6. The average molecular weight is 401 g/mol. The van der Waals surface area contributed by atoms with Crippen molar-refractivity contribution in [1.82, 2.24) is 4.90 Å². The molecule has 1 aliphatic rings. The predicted molar refractivity (Wildman–Crippen MR) is 112 cm³/mol. The van der Waals surface area contributed by atoms with Gasteiger partial charge in [0, 0.05) is 48.7 Å². The van der Waals surface area contributed by atoms with Gasteiger partial charge >= 0.3 is 5.97 Å². The summed E-state index contributed by atoms with van der Waals surface area (Å²) in [5.41, 5.74) is 3.32. The number of para-hydroxylation sites is 1. The fourth-order valence-corrected chi connectivity index (χ4v) is 4.45. The molecule has 0 fully saturated rings. The third-order valence-electron chi connectivity index (χ3n) is 5.19. The van der Waals surface area contributed by atoms with Crippen LogP contribution in [0.2, 0.25) is 0 Å². The molecule has 0 radical (unpaired) electrons. The average Bonchev–Trinajstić information content (AvgIpc) is 3.20. The maximum Gasteiger partial charge on any atom is 0.306 e. The third kappa shape index (κ3) is 4.93. The minimum Gasteiger partial charge on any atom is -0.461 e. The summed E-state index contributed by atoms with van der Waals surface area (Å²) in [4.78, 5) is 30.1. The lowest BCUT2D eigenvalue weighted by molar-refractivity contribution is -0.147. The van der Waals surface area contributed by atoms with Crippen molar-refractivity contribution in [1.29, 1.82) is 0 Å². The number of ether oxygens (including phenoxy) is 1. The van der Waals surface area contributed by atoms with Gasteiger partial charge in [-0.05, 0) is 43.3 Å². The van der Waals surface area contributed by atoms with Crippen LogP contribution in [0.4, 0.5) is 5.69 Å². The first-order chi connectivity index (χ1) is 13.6. The number of carbonyl (C=O) groups excluding carboxylic acids is 2. The van der Waals surface area contributed by atoms with Crippen LogP contribution in [0.5, 0.6) is 0 Å². The highest BCUT2D eigenvalue weighted by Gasteiger charge is 2.22. The predicted octanol–water partition coefficient (Wildman–Crippen LogP) is 4.00. The summed E-state index contributed by atoms with van der Waals surface area (Å²) in [6.45, 7) is 7.65. The van der Waals surface area contributed by atoms with Crippen LogP contribution in [0.1, 0.15) is 42.7 Å². The molecule has 0 spiro atoms. The summed E-state index contributed by atoms with van der Waals surface area (Å²) in [5.74, 6) is -0.298. The van der Waals surface area contributed by atoms with E-state index in [9.17, 15) is 9.59 Å². The van der Waals surface area contributed by atoms with Crippen LogP contribution in [0.15, 0.2) is 35.7 Å². The van der Waals surface area contributed by atoms with E-state index in [-0.39, 0.29) is 31.3 Å². The normalized spacial score (nSPS) is 13.1. The van der Waals surface area contributed by atoms with Gasteiger partial charge in [-0.15, -0.1) is 11.3 Å². The molecule has 0 atom stereocenters. The smallest absolute Gasteiger partial charge is 0.306 e. The van der Waals surface area contributed by atoms with Crippen molar-refractivity contribution in [3.63, 3.8) is 0 Å². The first kappa shape index (κ1) is 20.4. The summed E-state index contributed by atoms with van der Waals surface area (Å²) < 4.78 is 5.45. The molecule has 1 aromatic carbocycles. The van der Waals surface area contributed by atoms with Gasteiger partial charge in [0.05, 0.1) is 6.42 Å². The summed E-state index contributed by atoms with van der Waals surface area (Å²) in [5, 5.41) is 2.08. The Labute approximate surface area is 170 Å². The molecule has 0 unspecified atom stereocenters. The molecule has 3 rings (SSSR count). The second-order valence-corrected chi connectivity index (χ2v) is 7.90. The number of carbonyl (C=O) groups is 2. The molecule has 1 aromatic heterocycles. The Hall–Kier alpha value is -2.34.